The van der Waals surface area contributed by atoms with Crippen LogP contribution in [0.4, 0.5) is 5.82 Å². The normalized spacial score (nSPS) is 15.5. The maximum absolute atomic E-state index is 8.98. The molecule has 20 heavy (non-hydrogen) atoms. The lowest BCUT2D eigenvalue weighted by Crippen LogP contribution is -2.33. The fourth-order valence-electron chi connectivity index (χ4n) is 2.79. The molecule has 6 nitrogen and oxygen atoms in total. The Morgan fingerprint density at radius 1 is 1.55 bits per heavy atom. The van der Waals surface area contributed by atoms with E-state index >= 15 is 0 Å². The van der Waals surface area contributed by atoms with Crippen molar-refractivity contribution in [1.82, 2.24) is 9.78 Å². The summed E-state index contributed by atoms with van der Waals surface area (Å²) in [5, 5.41) is 18.7. The van der Waals surface area contributed by atoms with Gasteiger partial charge in [0.1, 0.15) is 5.82 Å². The molecule has 0 saturated heterocycles. The number of thiophene rings is 1. The van der Waals surface area contributed by atoms with Gasteiger partial charge >= 0.3 is 0 Å². The molecule has 0 bridgehead atoms. The fourth-order valence-corrected chi connectivity index (χ4v) is 3.68. The van der Waals surface area contributed by atoms with E-state index in [4.69, 9.17) is 10.9 Å². The smallest absolute Gasteiger partial charge is 0.175 e. The lowest BCUT2D eigenvalue weighted by atomic mass is 10.1. The van der Waals surface area contributed by atoms with Crippen LogP contribution in [0.25, 0.3) is 0 Å². The van der Waals surface area contributed by atoms with Gasteiger partial charge in [-0.1, -0.05) is 5.16 Å². The fraction of sp³-hybridized carbons (Fsp3) is 0.385. The molecule has 0 saturated carbocycles. The number of nitrogens with zero attached hydrogens (tertiary/aromatic N) is 4. The Hall–Kier alpha value is -2.02. The van der Waals surface area contributed by atoms with Gasteiger partial charge in [-0.05, 0) is 30.4 Å². The SMILES string of the molecule is Cc1nn(C)c(N2CCc3sccc3C2)c1C(N)=NO. The van der Waals surface area contributed by atoms with Gasteiger partial charge in [-0.15, -0.1) is 11.3 Å². The number of aromatic nitrogens is 2. The number of hydrogen-bond acceptors (Lipinski definition) is 5. The third-order valence-electron chi connectivity index (χ3n) is 3.66. The first-order chi connectivity index (χ1) is 9.61. The average Bonchev–Trinajstić information content (AvgIpc) is 3.00. The van der Waals surface area contributed by atoms with Crippen molar-refractivity contribution in [3.05, 3.63) is 33.1 Å². The Labute approximate surface area is 121 Å². The van der Waals surface area contributed by atoms with Crippen LogP contribution in [0.5, 0.6) is 0 Å². The van der Waals surface area contributed by atoms with Crippen LogP contribution >= 0.6 is 11.3 Å². The van der Waals surface area contributed by atoms with Gasteiger partial charge in [0.2, 0.25) is 0 Å². The molecule has 3 rings (SSSR count). The third kappa shape index (κ3) is 1.94. The molecule has 1 aliphatic heterocycles. The molecule has 2 aromatic heterocycles. The van der Waals surface area contributed by atoms with Gasteiger partial charge < -0.3 is 15.8 Å². The predicted octanol–water partition coefficient (Wildman–Crippen LogP) is 1.45. The quantitative estimate of drug-likeness (QED) is 0.380. The van der Waals surface area contributed by atoms with Gasteiger partial charge in [0, 0.05) is 25.0 Å². The topological polar surface area (TPSA) is 79.7 Å². The van der Waals surface area contributed by atoms with Gasteiger partial charge in [0.05, 0.1) is 11.3 Å². The summed E-state index contributed by atoms with van der Waals surface area (Å²) in [6, 6.07) is 2.17. The van der Waals surface area contributed by atoms with Crippen LogP contribution in [-0.2, 0) is 20.0 Å². The van der Waals surface area contributed by atoms with E-state index in [2.05, 4.69) is 26.6 Å². The molecule has 106 valence electrons. The maximum atomic E-state index is 8.98. The molecule has 0 unspecified atom stereocenters. The second-order valence-electron chi connectivity index (χ2n) is 4.93. The molecule has 0 aromatic carbocycles. The minimum Gasteiger partial charge on any atom is -0.409 e. The van der Waals surface area contributed by atoms with Crippen LogP contribution in [0.2, 0.25) is 0 Å². The maximum Gasteiger partial charge on any atom is 0.175 e. The zero-order valence-electron chi connectivity index (χ0n) is 11.5. The van der Waals surface area contributed by atoms with E-state index in [1.165, 1.54) is 10.4 Å². The van der Waals surface area contributed by atoms with Crippen LogP contribution < -0.4 is 10.6 Å². The van der Waals surface area contributed by atoms with Crippen molar-refractivity contribution in [1.29, 1.82) is 0 Å². The molecule has 2 aromatic rings. The summed E-state index contributed by atoms with van der Waals surface area (Å²) in [6.45, 7) is 3.62. The average molecular weight is 291 g/mol. The number of anilines is 1. The number of fused-ring (bicyclic) bond motifs is 1. The Bertz CT molecular complexity index is 672. The van der Waals surface area contributed by atoms with Crippen LogP contribution in [0, 0.1) is 6.92 Å². The second kappa shape index (κ2) is 4.82. The molecule has 0 radical (unpaired) electrons. The molecular formula is C13H17N5OS. The van der Waals surface area contributed by atoms with Crippen LogP contribution in [-0.4, -0.2) is 27.4 Å². The Morgan fingerprint density at radius 2 is 2.35 bits per heavy atom. The highest BCUT2D eigenvalue weighted by molar-refractivity contribution is 7.10. The number of nitrogens with two attached hydrogens (primary N) is 1. The Morgan fingerprint density at radius 3 is 3.10 bits per heavy atom. The van der Waals surface area contributed by atoms with E-state index in [1.807, 2.05) is 25.3 Å². The molecule has 0 fully saturated rings. The molecule has 7 heteroatoms. The van der Waals surface area contributed by atoms with E-state index in [1.54, 1.807) is 4.68 Å². The summed E-state index contributed by atoms with van der Waals surface area (Å²) in [5.74, 6) is 1.02. The molecule has 0 aliphatic carbocycles. The number of hydrogen-bond donors (Lipinski definition) is 2. The number of oxime groups is 1. The van der Waals surface area contributed by atoms with Crippen molar-refractivity contribution in [2.75, 3.05) is 11.4 Å². The van der Waals surface area contributed by atoms with Gasteiger partial charge in [-0.25, -0.2) is 0 Å². The van der Waals surface area contributed by atoms with Crippen LogP contribution in [0.15, 0.2) is 16.6 Å². The summed E-state index contributed by atoms with van der Waals surface area (Å²) in [4.78, 5) is 3.69. The van der Waals surface area contributed by atoms with Crippen LogP contribution in [0.3, 0.4) is 0 Å². The highest BCUT2D eigenvalue weighted by Crippen LogP contribution is 2.30. The van der Waals surface area contributed by atoms with Crippen molar-refractivity contribution in [2.24, 2.45) is 17.9 Å². The van der Waals surface area contributed by atoms with E-state index in [-0.39, 0.29) is 5.84 Å². The summed E-state index contributed by atoms with van der Waals surface area (Å²) >= 11 is 1.81. The first kappa shape index (κ1) is 13.0. The summed E-state index contributed by atoms with van der Waals surface area (Å²) in [7, 11) is 1.89. The minimum absolute atomic E-state index is 0.113. The first-order valence-electron chi connectivity index (χ1n) is 6.43. The number of aryl methyl sites for hydroxylation is 2. The highest BCUT2D eigenvalue weighted by atomic mass is 32.1. The van der Waals surface area contributed by atoms with Gasteiger partial charge in [-0.2, -0.15) is 5.10 Å². The molecular weight excluding hydrogens is 274 g/mol. The van der Waals surface area contributed by atoms with Crippen LogP contribution in [0.1, 0.15) is 21.7 Å². The molecule has 0 spiro atoms. The predicted molar refractivity (Wildman–Crippen MR) is 79.5 cm³/mol. The molecule has 3 heterocycles. The molecule has 1 aliphatic rings. The van der Waals surface area contributed by atoms with Gasteiger partial charge in [0.25, 0.3) is 0 Å². The standard InChI is InChI=1S/C13H17N5OS/c1-8-11(12(14)16-19)13(17(2)15-8)18-5-3-10-9(7-18)4-6-20-10/h4,6,19H,3,5,7H2,1-2H3,(H2,14,16). The summed E-state index contributed by atoms with van der Waals surface area (Å²) in [5.41, 5.74) is 8.65. The second-order valence-corrected chi connectivity index (χ2v) is 5.93. The van der Waals surface area contributed by atoms with E-state index in [0.29, 0.717) is 5.56 Å². The van der Waals surface area contributed by atoms with E-state index in [9.17, 15) is 0 Å². The largest absolute Gasteiger partial charge is 0.409 e. The number of amidine groups is 1. The van der Waals surface area contributed by atoms with Gasteiger partial charge in [-0.3, -0.25) is 4.68 Å². The lowest BCUT2D eigenvalue weighted by molar-refractivity contribution is 0.318. The molecule has 3 N–H and O–H groups in total. The van der Waals surface area contributed by atoms with Crippen molar-refractivity contribution in [3.8, 4) is 0 Å². The van der Waals surface area contributed by atoms with E-state index in [0.717, 1.165) is 31.0 Å². The minimum atomic E-state index is 0.113. The monoisotopic (exact) mass is 291 g/mol. The zero-order chi connectivity index (χ0) is 14.3. The number of rotatable bonds is 2. The van der Waals surface area contributed by atoms with Crippen molar-refractivity contribution in [2.45, 2.75) is 19.9 Å². The summed E-state index contributed by atoms with van der Waals surface area (Å²) in [6.07, 6.45) is 1.02. The molecule has 0 amide bonds. The lowest BCUT2D eigenvalue weighted by Gasteiger charge is -2.29. The summed E-state index contributed by atoms with van der Waals surface area (Å²) < 4.78 is 1.81. The Kier molecular flexibility index (Phi) is 3.13. The molecule has 0 atom stereocenters. The van der Waals surface area contributed by atoms with Crippen molar-refractivity contribution >= 4 is 23.0 Å². The van der Waals surface area contributed by atoms with Gasteiger partial charge in [0.15, 0.2) is 5.84 Å². The Balaban J connectivity index is 2.03. The first-order valence-corrected chi connectivity index (χ1v) is 7.31. The third-order valence-corrected chi connectivity index (χ3v) is 4.69. The zero-order valence-corrected chi connectivity index (χ0v) is 12.3. The van der Waals surface area contributed by atoms with Crippen molar-refractivity contribution < 1.29 is 5.21 Å². The van der Waals surface area contributed by atoms with E-state index < -0.39 is 0 Å². The highest BCUT2D eigenvalue weighted by Gasteiger charge is 2.25. The van der Waals surface area contributed by atoms with Crippen molar-refractivity contribution in [3.63, 3.8) is 0 Å².